The number of hydrogen-bond donors (Lipinski definition) is 2. The summed E-state index contributed by atoms with van der Waals surface area (Å²) in [5, 5.41) is 0. The predicted molar refractivity (Wildman–Crippen MR) is 96.6 cm³/mol. The summed E-state index contributed by atoms with van der Waals surface area (Å²) in [6, 6.07) is 2.95. The molecule has 0 radical (unpaired) electrons. The van der Waals surface area contributed by atoms with Gasteiger partial charge in [-0.1, -0.05) is 13.3 Å². The molecule has 0 atom stereocenters. The highest BCUT2D eigenvalue weighted by molar-refractivity contribution is 7.90. The minimum Gasteiger partial charge on any atom is -0.489 e. The second-order valence-corrected chi connectivity index (χ2v) is 8.29. The van der Waals surface area contributed by atoms with Crippen LogP contribution in [0.5, 0.6) is 5.75 Å². The van der Waals surface area contributed by atoms with Crippen LogP contribution >= 0.6 is 0 Å². The second kappa shape index (κ2) is 7.86. The molecule has 0 unspecified atom stereocenters. The van der Waals surface area contributed by atoms with Crippen molar-refractivity contribution in [2.24, 2.45) is 16.5 Å². The average Bonchev–Trinajstić information content (AvgIpc) is 2.53. The van der Waals surface area contributed by atoms with E-state index >= 15 is 0 Å². The monoisotopic (exact) mass is 367 g/mol. The molecule has 1 aliphatic carbocycles. The van der Waals surface area contributed by atoms with E-state index in [1.165, 1.54) is 12.5 Å². The zero-order chi connectivity index (χ0) is 18.6. The minimum absolute atomic E-state index is 0.00165. The maximum absolute atomic E-state index is 12.2. The van der Waals surface area contributed by atoms with Crippen LogP contribution in [0, 0.1) is 0 Å². The number of guanidine groups is 1. The van der Waals surface area contributed by atoms with Crippen molar-refractivity contribution < 1.29 is 17.9 Å². The summed E-state index contributed by atoms with van der Waals surface area (Å²) < 4.78 is 30.4. The van der Waals surface area contributed by atoms with Crippen molar-refractivity contribution in [3.63, 3.8) is 0 Å². The van der Waals surface area contributed by atoms with Gasteiger partial charge in [0.1, 0.15) is 10.6 Å². The first kappa shape index (κ1) is 19.2. The number of amides is 1. The molecule has 138 valence electrons. The Labute approximate surface area is 148 Å². The number of sulfone groups is 1. The van der Waals surface area contributed by atoms with E-state index < -0.39 is 15.7 Å². The van der Waals surface area contributed by atoms with E-state index in [2.05, 4.69) is 4.99 Å². The number of ether oxygens (including phenoxy) is 1. The lowest BCUT2D eigenvalue weighted by Crippen LogP contribution is -2.24. The summed E-state index contributed by atoms with van der Waals surface area (Å²) in [5.74, 6) is -0.728. The lowest BCUT2D eigenvalue weighted by atomic mass is 9.97. The Kier molecular flexibility index (Phi) is 6.05. The Morgan fingerprint density at radius 1 is 1.24 bits per heavy atom. The molecule has 0 aromatic heterocycles. The first-order valence-corrected chi connectivity index (χ1v) is 10.3. The van der Waals surface area contributed by atoms with Gasteiger partial charge in [0.2, 0.25) is 0 Å². The van der Waals surface area contributed by atoms with Crippen LogP contribution < -0.4 is 16.2 Å². The van der Waals surface area contributed by atoms with Crippen LogP contribution in [0.15, 0.2) is 22.0 Å². The number of hydrogen-bond acceptors (Lipinski definition) is 4. The number of aliphatic imine (C=N–C) groups is 1. The third kappa shape index (κ3) is 4.94. The fourth-order valence-electron chi connectivity index (χ4n) is 3.02. The van der Waals surface area contributed by atoms with Crippen LogP contribution in [-0.2, 0) is 16.3 Å². The van der Waals surface area contributed by atoms with E-state index in [4.69, 9.17) is 16.2 Å². The number of carbonyl (C=O) groups is 1. The number of rotatable bonds is 5. The van der Waals surface area contributed by atoms with Gasteiger partial charge in [0, 0.05) is 11.8 Å². The molecule has 7 nitrogen and oxygen atoms in total. The van der Waals surface area contributed by atoms with Crippen LogP contribution in [0.25, 0.3) is 0 Å². The summed E-state index contributed by atoms with van der Waals surface area (Å²) in [6.45, 7) is 1.87. The van der Waals surface area contributed by atoms with Gasteiger partial charge in [-0.3, -0.25) is 4.79 Å². The SMILES string of the molecule is CCc1cc(OC2CCCCC2)c(S(C)(=O)=O)cc1C(=O)N=C(N)N. The number of carbonyl (C=O) groups excluding carboxylic acids is 1. The van der Waals surface area contributed by atoms with E-state index in [1.807, 2.05) is 6.92 Å². The summed E-state index contributed by atoms with van der Waals surface area (Å²) in [4.78, 5) is 15.7. The number of nitrogens with two attached hydrogens (primary N) is 2. The second-order valence-electron chi connectivity index (χ2n) is 6.30. The Morgan fingerprint density at radius 3 is 2.40 bits per heavy atom. The number of nitrogens with zero attached hydrogens (tertiary/aromatic N) is 1. The number of benzene rings is 1. The molecule has 1 aromatic carbocycles. The molecular formula is C17H25N3O4S. The Hall–Kier alpha value is -2.09. The fraction of sp³-hybridized carbons (Fsp3) is 0.529. The number of aryl methyl sites for hydroxylation is 1. The zero-order valence-corrected chi connectivity index (χ0v) is 15.4. The van der Waals surface area contributed by atoms with Gasteiger partial charge in [0.25, 0.3) is 5.91 Å². The molecule has 1 aromatic rings. The molecule has 0 spiro atoms. The van der Waals surface area contributed by atoms with Crippen LogP contribution in [0.1, 0.15) is 54.9 Å². The molecule has 0 bridgehead atoms. The third-order valence-corrected chi connectivity index (χ3v) is 5.37. The summed E-state index contributed by atoms with van der Waals surface area (Å²) in [7, 11) is -3.58. The minimum atomic E-state index is -3.58. The lowest BCUT2D eigenvalue weighted by molar-refractivity contribution is 0.100. The van der Waals surface area contributed by atoms with Crippen molar-refractivity contribution in [3.05, 3.63) is 23.3 Å². The van der Waals surface area contributed by atoms with Gasteiger partial charge in [-0.05, 0) is 49.8 Å². The van der Waals surface area contributed by atoms with E-state index in [-0.39, 0.29) is 22.5 Å². The van der Waals surface area contributed by atoms with Gasteiger partial charge in [0.05, 0.1) is 6.10 Å². The topological polar surface area (TPSA) is 125 Å². The maximum Gasteiger partial charge on any atom is 0.280 e. The smallest absolute Gasteiger partial charge is 0.280 e. The van der Waals surface area contributed by atoms with Crippen molar-refractivity contribution in [3.8, 4) is 5.75 Å². The third-order valence-electron chi connectivity index (χ3n) is 4.26. The molecule has 0 heterocycles. The van der Waals surface area contributed by atoms with Gasteiger partial charge in [-0.25, -0.2) is 8.42 Å². The molecule has 1 fully saturated rings. The van der Waals surface area contributed by atoms with E-state index in [9.17, 15) is 13.2 Å². The molecule has 1 aliphatic rings. The van der Waals surface area contributed by atoms with Gasteiger partial charge in [-0.15, -0.1) is 0 Å². The molecule has 0 aliphatic heterocycles. The standard InChI is InChI=1S/C17H25N3O4S/c1-3-11-9-14(24-12-7-5-4-6-8-12)15(25(2,22)23)10-13(11)16(21)20-17(18)19/h9-10,12H,3-8H2,1-2H3,(H4,18,19,20,21). The lowest BCUT2D eigenvalue weighted by Gasteiger charge is -2.24. The van der Waals surface area contributed by atoms with Crippen LogP contribution in [0.4, 0.5) is 0 Å². The average molecular weight is 367 g/mol. The maximum atomic E-state index is 12.2. The quantitative estimate of drug-likeness (QED) is 0.603. The Morgan fingerprint density at radius 2 is 1.88 bits per heavy atom. The van der Waals surface area contributed by atoms with Crippen molar-refractivity contribution in [1.29, 1.82) is 0 Å². The van der Waals surface area contributed by atoms with Crippen molar-refractivity contribution in [2.75, 3.05) is 6.26 Å². The summed E-state index contributed by atoms with van der Waals surface area (Å²) >= 11 is 0. The largest absolute Gasteiger partial charge is 0.489 e. The van der Waals surface area contributed by atoms with Crippen LogP contribution in [0.3, 0.4) is 0 Å². The first-order chi connectivity index (χ1) is 11.7. The molecule has 25 heavy (non-hydrogen) atoms. The molecule has 1 saturated carbocycles. The summed E-state index contributed by atoms with van der Waals surface area (Å²) in [5.41, 5.74) is 11.3. The molecule has 0 saturated heterocycles. The highest BCUT2D eigenvalue weighted by atomic mass is 32.2. The molecule has 4 N–H and O–H groups in total. The molecule has 2 rings (SSSR count). The van der Waals surface area contributed by atoms with Gasteiger partial charge in [-0.2, -0.15) is 4.99 Å². The molecular weight excluding hydrogens is 342 g/mol. The van der Waals surface area contributed by atoms with Gasteiger partial charge < -0.3 is 16.2 Å². The first-order valence-electron chi connectivity index (χ1n) is 8.40. The van der Waals surface area contributed by atoms with Crippen LogP contribution in [0.2, 0.25) is 0 Å². The molecule has 8 heteroatoms. The van der Waals surface area contributed by atoms with Gasteiger partial charge in [0.15, 0.2) is 15.8 Å². The highest BCUT2D eigenvalue weighted by Gasteiger charge is 2.24. The fourth-order valence-corrected chi connectivity index (χ4v) is 3.82. The predicted octanol–water partition coefficient (Wildman–Crippen LogP) is 1.78. The molecule has 1 amide bonds. The van der Waals surface area contributed by atoms with E-state index in [0.717, 1.165) is 31.9 Å². The van der Waals surface area contributed by atoms with Crippen molar-refractivity contribution in [1.82, 2.24) is 0 Å². The zero-order valence-electron chi connectivity index (χ0n) is 14.6. The Balaban J connectivity index is 2.51. The van der Waals surface area contributed by atoms with Crippen molar-refractivity contribution >= 4 is 21.7 Å². The summed E-state index contributed by atoms with van der Waals surface area (Å²) in [6.07, 6.45) is 6.73. The van der Waals surface area contributed by atoms with Gasteiger partial charge >= 0.3 is 0 Å². The van der Waals surface area contributed by atoms with Crippen molar-refractivity contribution in [2.45, 2.75) is 56.4 Å². The normalized spacial score (nSPS) is 15.6. The van der Waals surface area contributed by atoms with Crippen LogP contribution in [-0.4, -0.2) is 32.6 Å². The van der Waals surface area contributed by atoms with E-state index in [1.54, 1.807) is 6.07 Å². The highest BCUT2D eigenvalue weighted by Crippen LogP contribution is 2.32. The van der Waals surface area contributed by atoms with E-state index in [0.29, 0.717) is 17.7 Å². The Bertz CT molecular complexity index is 777.